The smallest absolute Gasteiger partial charge is 0.481 e. The van der Waals surface area contributed by atoms with E-state index in [2.05, 4.69) is 14.8 Å². The number of hydrogen-bond acceptors (Lipinski definition) is 4. The summed E-state index contributed by atoms with van der Waals surface area (Å²) in [4.78, 5) is 23.1. The number of halogens is 2. The van der Waals surface area contributed by atoms with Gasteiger partial charge in [0.05, 0.1) is 5.92 Å². The quantitative estimate of drug-likeness (QED) is 0.892. The highest BCUT2D eigenvalue weighted by molar-refractivity contribution is 5.93. The van der Waals surface area contributed by atoms with Gasteiger partial charge >= 0.3 is 12.3 Å². The van der Waals surface area contributed by atoms with Crippen molar-refractivity contribution in [1.82, 2.24) is 0 Å². The number of anilines is 1. The lowest BCUT2D eigenvalue weighted by Gasteiger charge is -2.25. The van der Waals surface area contributed by atoms with Crippen molar-refractivity contribution in [3.63, 3.8) is 0 Å². The van der Waals surface area contributed by atoms with Crippen molar-refractivity contribution >= 4 is 17.6 Å². The number of rotatable bonds is 3. The highest BCUT2D eigenvalue weighted by Gasteiger charge is 2.43. The molecule has 1 aromatic carbocycles. The molecule has 0 saturated heterocycles. The zero-order valence-electron chi connectivity index (χ0n) is 12.1. The van der Waals surface area contributed by atoms with E-state index < -0.39 is 18.2 Å². The van der Waals surface area contributed by atoms with Crippen molar-refractivity contribution in [2.45, 2.75) is 32.0 Å². The van der Waals surface area contributed by atoms with E-state index in [1.807, 2.05) is 0 Å². The van der Waals surface area contributed by atoms with Crippen molar-refractivity contribution in [2.75, 3.05) is 5.32 Å². The fourth-order valence-electron chi connectivity index (χ4n) is 2.87. The van der Waals surface area contributed by atoms with E-state index in [1.165, 1.54) is 18.2 Å². The first kappa shape index (κ1) is 15.5. The Balaban J connectivity index is 1.60. The fourth-order valence-corrected chi connectivity index (χ4v) is 2.87. The average Bonchev–Trinajstić information content (AvgIpc) is 2.80. The van der Waals surface area contributed by atoms with Crippen molar-refractivity contribution in [1.29, 1.82) is 0 Å². The predicted molar refractivity (Wildman–Crippen MR) is 74.4 cm³/mol. The molecule has 1 amide bonds. The molecule has 2 N–H and O–H groups in total. The molecular weight excluding hydrogens is 312 g/mol. The Labute approximate surface area is 130 Å². The van der Waals surface area contributed by atoms with Crippen LogP contribution in [0.5, 0.6) is 11.5 Å². The van der Waals surface area contributed by atoms with E-state index in [0.29, 0.717) is 31.4 Å². The summed E-state index contributed by atoms with van der Waals surface area (Å²) in [5, 5.41) is 11.6. The molecule has 1 heterocycles. The minimum Gasteiger partial charge on any atom is -0.481 e. The number of carboxylic acids is 1. The Kier molecular flexibility index (Phi) is 3.83. The summed E-state index contributed by atoms with van der Waals surface area (Å²) in [5.41, 5.74) is 0.329. The summed E-state index contributed by atoms with van der Waals surface area (Å²) in [7, 11) is 0. The van der Waals surface area contributed by atoms with Gasteiger partial charge in [0.15, 0.2) is 11.5 Å². The number of ether oxygens (including phenoxy) is 2. The molecule has 0 atom stereocenters. The number of hydrogen-bond donors (Lipinski definition) is 2. The first-order chi connectivity index (χ1) is 10.8. The van der Waals surface area contributed by atoms with Gasteiger partial charge in [-0.15, -0.1) is 8.78 Å². The lowest BCUT2D eigenvalue weighted by atomic mass is 9.81. The second-order valence-corrected chi connectivity index (χ2v) is 5.71. The molecule has 1 aromatic rings. The van der Waals surface area contributed by atoms with Gasteiger partial charge in [-0.25, -0.2) is 0 Å². The van der Waals surface area contributed by atoms with Gasteiger partial charge in [0.1, 0.15) is 0 Å². The Morgan fingerprint density at radius 3 is 2.35 bits per heavy atom. The molecule has 1 aliphatic heterocycles. The minimum absolute atomic E-state index is 0.0880. The van der Waals surface area contributed by atoms with Crippen LogP contribution in [0.2, 0.25) is 0 Å². The summed E-state index contributed by atoms with van der Waals surface area (Å²) in [5.74, 6) is -1.98. The molecule has 0 radical (unpaired) electrons. The minimum atomic E-state index is -3.69. The maximum absolute atomic E-state index is 12.9. The molecule has 0 aromatic heterocycles. The van der Waals surface area contributed by atoms with Gasteiger partial charge in [-0.2, -0.15) is 0 Å². The average molecular weight is 327 g/mol. The number of benzene rings is 1. The van der Waals surface area contributed by atoms with Crippen LogP contribution in [0.25, 0.3) is 0 Å². The predicted octanol–water partition coefficient (Wildman–Crippen LogP) is 2.84. The van der Waals surface area contributed by atoms with Crippen molar-refractivity contribution in [3.05, 3.63) is 18.2 Å². The molecule has 124 valence electrons. The van der Waals surface area contributed by atoms with Crippen LogP contribution in [0.3, 0.4) is 0 Å². The number of carbonyl (C=O) groups excluding carboxylic acids is 1. The largest absolute Gasteiger partial charge is 0.586 e. The molecule has 8 heteroatoms. The third kappa shape index (κ3) is 3.35. The van der Waals surface area contributed by atoms with E-state index in [-0.39, 0.29) is 23.3 Å². The molecule has 1 fully saturated rings. The maximum Gasteiger partial charge on any atom is 0.586 e. The summed E-state index contributed by atoms with van der Waals surface area (Å²) >= 11 is 0. The van der Waals surface area contributed by atoms with Gasteiger partial charge in [0.25, 0.3) is 0 Å². The second kappa shape index (κ2) is 5.68. The van der Waals surface area contributed by atoms with Crippen molar-refractivity contribution < 1.29 is 33.0 Å². The Hall–Kier alpha value is -2.38. The van der Waals surface area contributed by atoms with Crippen LogP contribution in [-0.4, -0.2) is 23.3 Å². The molecule has 6 nitrogen and oxygen atoms in total. The molecule has 1 aliphatic carbocycles. The van der Waals surface area contributed by atoms with Crippen LogP contribution >= 0.6 is 0 Å². The Morgan fingerprint density at radius 2 is 1.70 bits per heavy atom. The lowest BCUT2D eigenvalue weighted by molar-refractivity contribution is -0.286. The van der Waals surface area contributed by atoms with Crippen LogP contribution in [0.1, 0.15) is 25.7 Å². The van der Waals surface area contributed by atoms with Crippen LogP contribution in [0.15, 0.2) is 18.2 Å². The van der Waals surface area contributed by atoms with Gasteiger partial charge in [-0.05, 0) is 37.8 Å². The van der Waals surface area contributed by atoms with Crippen molar-refractivity contribution in [2.24, 2.45) is 11.8 Å². The van der Waals surface area contributed by atoms with E-state index in [9.17, 15) is 18.4 Å². The normalized spacial score (nSPS) is 25.0. The lowest BCUT2D eigenvalue weighted by Crippen LogP contribution is -2.29. The monoisotopic (exact) mass is 327 g/mol. The highest BCUT2D eigenvalue weighted by Crippen LogP contribution is 2.42. The number of carbonyl (C=O) groups is 2. The number of fused-ring (bicyclic) bond motifs is 1. The van der Waals surface area contributed by atoms with Crippen LogP contribution in [-0.2, 0) is 9.59 Å². The number of amides is 1. The van der Waals surface area contributed by atoms with Crippen LogP contribution < -0.4 is 14.8 Å². The highest BCUT2D eigenvalue weighted by atomic mass is 19.3. The molecule has 0 spiro atoms. The standard InChI is InChI=1S/C15H15F2NO5/c16-15(17)22-11-6-5-10(7-12(11)23-15)18-13(19)8-1-3-9(4-2-8)14(20)21/h5-9H,1-4H2,(H,18,19)(H,20,21). The van der Waals surface area contributed by atoms with E-state index >= 15 is 0 Å². The van der Waals surface area contributed by atoms with E-state index in [4.69, 9.17) is 5.11 Å². The summed E-state index contributed by atoms with van der Waals surface area (Å²) in [6.45, 7) is 0. The zero-order chi connectivity index (χ0) is 16.6. The summed E-state index contributed by atoms with van der Waals surface area (Å²) in [6, 6.07) is 4.02. The zero-order valence-corrected chi connectivity index (χ0v) is 12.1. The molecule has 1 saturated carbocycles. The van der Waals surface area contributed by atoms with Gasteiger partial charge in [0.2, 0.25) is 5.91 Å². The van der Waals surface area contributed by atoms with Crippen LogP contribution in [0.4, 0.5) is 14.5 Å². The summed E-state index contributed by atoms with van der Waals surface area (Å²) < 4.78 is 34.5. The summed E-state index contributed by atoms with van der Waals surface area (Å²) in [6.07, 6.45) is -1.79. The molecule has 3 rings (SSSR count). The second-order valence-electron chi connectivity index (χ2n) is 5.71. The molecule has 2 aliphatic rings. The van der Waals surface area contributed by atoms with Gasteiger partial charge in [-0.3, -0.25) is 9.59 Å². The molecule has 23 heavy (non-hydrogen) atoms. The topological polar surface area (TPSA) is 84.9 Å². The first-order valence-electron chi connectivity index (χ1n) is 7.27. The maximum atomic E-state index is 12.9. The molecule has 0 unspecified atom stereocenters. The van der Waals surface area contributed by atoms with E-state index in [1.54, 1.807) is 0 Å². The SMILES string of the molecule is O=C(O)C1CCC(C(=O)Nc2ccc3c(c2)OC(F)(F)O3)CC1. The molecular formula is C15H15F2NO5. The fraction of sp³-hybridized carbons (Fsp3) is 0.467. The molecule has 0 bridgehead atoms. The van der Waals surface area contributed by atoms with Crippen LogP contribution in [0, 0.1) is 11.8 Å². The van der Waals surface area contributed by atoms with Gasteiger partial charge in [0, 0.05) is 17.7 Å². The van der Waals surface area contributed by atoms with Crippen molar-refractivity contribution in [3.8, 4) is 11.5 Å². The van der Waals surface area contributed by atoms with Gasteiger partial charge in [-0.1, -0.05) is 0 Å². The number of carboxylic acid groups (broad SMARTS) is 1. The third-order valence-electron chi connectivity index (χ3n) is 4.12. The number of nitrogens with one attached hydrogen (secondary N) is 1. The van der Waals surface area contributed by atoms with E-state index in [0.717, 1.165) is 0 Å². The number of aliphatic carboxylic acids is 1. The van der Waals surface area contributed by atoms with Gasteiger partial charge < -0.3 is 19.9 Å². The third-order valence-corrected chi connectivity index (χ3v) is 4.12. The first-order valence-corrected chi connectivity index (χ1v) is 7.27. The Bertz CT molecular complexity index is 641. The number of alkyl halides is 2. The Morgan fingerprint density at radius 1 is 1.09 bits per heavy atom.